The molecule has 0 bridgehead atoms. The van der Waals surface area contributed by atoms with Crippen molar-refractivity contribution in [3.05, 3.63) is 53.5 Å². The number of imidazole rings is 1. The number of nitriles is 1. The fourth-order valence-corrected chi connectivity index (χ4v) is 5.78. The average Bonchev–Trinajstić information content (AvgIpc) is 3.57. The molecule has 1 fully saturated rings. The molecule has 0 amide bonds. The van der Waals surface area contributed by atoms with Crippen LogP contribution in [0.5, 0.6) is 11.6 Å². The van der Waals surface area contributed by atoms with Crippen molar-refractivity contribution in [2.75, 3.05) is 33.9 Å². The summed E-state index contributed by atoms with van der Waals surface area (Å²) in [6.07, 6.45) is 7.38. The van der Waals surface area contributed by atoms with Crippen molar-refractivity contribution >= 4 is 21.9 Å². The van der Waals surface area contributed by atoms with Gasteiger partial charge < -0.3 is 24.3 Å². The maximum absolute atomic E-state index is 10.2. The zero-order valence-electron chi connectivity index (χ0n) is 24.2. The zero-order valence-corrected chi connectivity index (χ0v) is 24.2. The lowest BCUT2D eigenvalue weighted by atomic mass is 9.88. The number of piperidine rings is 1. The predicted molar refractivity (Wildman–Crippen MR) is 160 cm³/mol. The normalized spacial score (nSPS) is 14.7. The first-order valence-electron chi connectivity index (χ1n) is 14.1. The molecule has 9 heteroatoms. The Bertz CT molecular complexity index is 1770. The maximum Gasteiger partial charge on any atom is 0.226 e. The quantitative estimate of drug-likeness (QED) is 0.248. The standard InChI is InChI=1S/C32H35N7O2/c1-18(2)17-41-30-21(20-9-12-39(4)13-10-20)6-7-25-29(30)38-31(36-25)26-28-24(16-35-32(26)40-5)22(14-33)27(37-28)23-15-34-11-8-19(23)3/h6-8,11,15-16,18,20,37H,9-10,12-13,17H2,1-5H3,(H,36,38). The molecule has 5 aromatic rings. The number of hydrogen-bond acceptors (Lipinski definition) is 7. The largest absolute Gasteiger partial charge is 0.491 e. The van der Waals surface area contributed by atoms with Crippen molar-refractivity contribution in [1.82, 2.24) is 29.8 Å². The summed E-state index contributed by atoms with van der Waals surface area (Å²) >= 11 is 0. The number of nitrogens with zero attached hydrogens (tertiary/aromatic N) is 5. The van der Waals surface area contributed by atoms with Gasteiger partial charge in [-0.15, -0.1) is 0 Å². The molecule has 5 heterocycles. The SMILES string of the molecule is COc1ncc2c(C#N)c(-c3cnccc3C)[nH]c2c1-c1nc2c(OCC(C)C)c(C3CCN(C)CC3)ccc2[nH]1. The van der Waals surface area contributed by atoms with E-state index in [1.54, 1.807) is 25.7 Å². The molecule has 1 saturated heterocycles. The first kappa shape index (κ1) is 26.8. The second-order valence-electron chi connectivity index (χ2n) is 11.4. The number of aryl methyl sites for hydroxylation is 1. The molecule has 1 aliphatic heterocycles. The van der Waals surface area contributed by atoms with E-state index in [-0.39, 0.29) is 0 Å². The van der Waals surface area contributed by atoms with Gasteiger partial charge in [0.15, 0.2) is 5.75 Å². The van der Waals surface area contributed by atoms with Crippen molar-refractivity contribution < 1.29 is 9.47 Å². The number of ether oxygens (including phenoxy) is 2. The fraction of sp³-hybridized carbons (Fsp3) is 0.375. The van der Waals surface area contributed by atoms with Gasteiger partial charge in [-0.05, 0) is 75.0 Å². The van der Waals surface area contributed by atoms with E-state index in [2.05, 4.69) is 63.9 Å². The van der Waals surface area contributed by atoms with Gasteiger partial charge in [0.25, 0.3) is 0 Å². The lowest BCUT2D eigenvalue weighted by Crippen LogP contribution is -2.29. The number of pyridine rings is 2. The minimum atomic E-state index is 0.379. The van der Waals surface area contributed by atoms with Gasteiger partial charge in [-0.1, -0.05) is 19.9 Å². The molecule has 1 aliphatic rings. The molecule has 210 valence electrons. The average molecular weight is 550 g/mol. The van der Waals surface area contributed by atoms with Crippen LogP contribution in [0.1, 0.15) is 49.3 Å². The lowest BCUT2D eigenvalue weighted by molar-refractivity contribution is 0.243. The van der Waals surface area contributed by atoms with Crippen LogP contribution in [0.15, 0.2) is 36.8 Å². The molecular formula is C32H35N7O2. The Labute approximate surface area is 239 Å². The van der Waals surface area contributed by atoms with E-state index in [0.29, 0.717) is 52.4 Å². The van der Waals surface area contributed by atoms with Crippen LogP contribution in [0.3, 0.4) is 0 Å². The number of methoxy groups -OCH3 is 1. The van der Waals surface area contributed by atoms with Crippen LogP contribution in [-0.2, 0) is 0 Å². The minimum Gasteiger partial charge on any atom is -0.491 e. The number of H-pyrrole nitrogens is 2. The molecule has 0 atom stereocenters. The number of fused-ring (bicyclic) bond motifs is 2. The number of aromatic nitrogens is 5. The van der Waals surface area contributed by atoms with Gasteiger partial charge >= 0.3 is 0 Å². The van der Waals surface area contributed by atoms with Gasteiger partial charge in [0.1, 0.15) is 23.0 Å². The molecular weight excluding hydrogens is 514 g/mol. The van der Waals surface area contributed by atoms with Crippen LogP contribution in [0, 0.1) is 24.2 Å². The molecule has 6 rings (SSSR count). The highest BCUT2D eigenvalue weighted by molar-refractivity contribution is 6.03. The molecule has 1 aromatic carbocycles. The summed E-state index contributed by atoms with van der Waals surface area (Å²) in [5.41, 5.74) is 7.38. The van der Waals surface area contributed by atoms with Crippen LogP contribution in [-0.4, -0.2) is 63.7 Å². The first-order valence-corrected chi connectivity index (χ1v) is 14.1. The summed E-state index contributed by atoms with van der Waals surface area (Å²) in [5, 5.41) is 10.9. The van der Waals surface area contributed by atoms with Crippen LogP contribution in [0.4, 0.5) is 0 Å². The van der Waals surface area contributed by atoms with E-state index in [1.165, 1.54) is 5.56 Å². The number of hydrogen-bond donors (Lipinski definition) is 2. The van der Waals surface area contributed by atoms with E-state index >= 15 is 0 Å². The third kappa shape index (κ3) is 4.78. The van der Waals surface area contributed by atoms with E-state index in [0.717, 1.165) is 59.4 Å². The summed E-state index contributed by atoms with van der Waals surface area (Å²) in [7, 11) is 3.77. The molecule has 0 aliphatic carbocycles. The summed E-state index contributed by atoms with van der Waals surface area (Å²) in [6.45, 7) is 9.05. The smallest absolute Gasteiger partial charge is 0.226 e. The Kier molecular flexibility index (Phi) is 7.10. The molecule has 2 N–H and O–H groups in total. The molecule has 0 spiro atoms. The number of likely N-dealkylation sites (tertiary alicyclic amines) is 1. The summed E-state index contributed by atoms with van der Waals surface area (Å²) < 4.78 is 12.2. The van der Waals surface area contributed by atoms with E-state index in [4.69, 9.17) is 14.5 Å². The first-order chi connectivity index (χ1) is 19.9. The van der Waals surface area contributed by atoms with E-state index < -0.39 is 0 Å². The van der Waals surface area contributed by atoms with E-state index in [1.807, 2.05) is 13.0 Å². The predicted octanol–water partition coefficient (Wildman–Crippen LogP) is 6.20. The van der Waals surface area contributed by atoms with Crippen LogP contribution in [0.25, 0.3) is 44.6 Å². The topological polar surface area (TPSA) is 116 Å². The molecule has 0 saturated carbocycles. The van der Waals surface area contributed by atoms with Crippen molar-refractivity contribution in [2.45, 2.75) is 39.5 Å². The number of rotatable bonds is 7. The maximum atomic E-state index is 10.2. The van der Waals surface area contributed by atoms with Crippen molar-refractivity contribution in [3.63, 3.8) is 0 Å². The second kappa shape index (κ2) is 10.9. The Morgan fingerprint density at radius 2 is 1.95 bits per heavy atom. The number of benzene rings is 1. The molecule has 4 aromatic heterocycles. The molecule has 41 heavy (non-hydrogen) atoms. The van der Waals surface area contributed by atoms with Gasteiger partial charge in [0.2, 0.25) is 5.88 Å². The van der Waals surface area contributed by atoms with Crippen molar-refractivity contribution in [2.24, 2.45) is 5.92 Å². The highest BCUT2D eigenvalue weighted by Crippen LogP contribution is 2.42. The van der Waals surface area contributed by atoms with Gasteiger partial charge in [-0.25, -0.2) is 9.97 Å². The Balaban J connectivity index is 1.55. The lowest BCUT2D eigenvalue weighted by Gasteiger charge is -2.30. The highest BCUT2D eigenvalue weighted by Gasteiger charge is 2.27. The number of nitrogens with one attached hydrogen (secondary N) is 2. The molecule has 9 nitrogen and oxygen atoms in total. The highest BCUT2D eigenvalue weighted by atomic mass is 16.5. The summed E-state index contributed by atoms with van der Waals surface area (Å²) in [5.74, 6) is 2.67. The Morgan fingerprint density at radius 1 is 1.15 bits per heavy atom. The Hall–Kier alpha value is -4.42. The minimum absolute atomic E-state index is 0.379. The van der Waals surface area contributed by atoms with Gasteiger partial charge in [-0.2, -0.15) is 5.26 Å². The van der Waals surface area contributed by atoms with Crippen LogP contribution < -0.4 is 9.47 Å². The molecule has 0 radical (unpaired) electrons. The van der Waals surface area contributed by atoms with Crippen LogP contribution >= 0.6 is 0 Å². The third-order valence-corrected chi connectivity index (χ3v) is 8.02. The third-order valence-electron chi connectivity index (χ3n) is 8.02. The van der Waals surface area contributed by atoms with Crippen molar-refractivity contribution in [1.29, 1.82) is 5.26 Å². The molecule has 0 unspecified atom stereocenters. The van der Waals surface area contributed by atoms with E-state index in [9.17, 15) is 5.26 Å². The Morgan fingerprint density at radius 3 is 2.66 bits per heavy atom. The fourth-order valence-electron chi connectivity index (χ4n) is 5.78. The zero-order chi connectivity index (χ0) is 28.7. The van der Waals surface area contributed by atoms with Gasteiger partial charge in [0.05, 0.1) is 36.0 Å². The number of aromatic amines is 2. The van der Waals surface area contributed by atoms with Crippen molar-refractivity contribution in [3.8, 4) is 40.3 Å². The summed E-state index contributed by atoms with van der Waals surface area (Å²) in [6, 6.07) is 8.60. The van der Waals surface area contributed by atoms with Gasteiger partial charge in [0, 0.05) is 29.5 Å². The second-order valence-corrected chi connectivity index (χ2v) is 11.4. The summed E-state index contributed by atoms with van der Waals surface area (Å²) in [4.78, 5) is 23.4. The van der Waals surface area contributed by atoms with Crippen LogP contribution in [0.2, 0.25) is 0 Å². The monoisotopic (exact) mass is 549 g/mol. The van der Waals surface area contributed by atoms with Gasteiger partial charge in [-0.3, -0.25) is 4.98 Å².